The average molecular weight is 209 g/mol. The normalized spacial score (nSPS) is 17.9. The summed E-state index contributed by atoms with van der Waals surface area (Å²) in [6, 6.07) is 0.596. The quantitative estimate of drug-likeness (QED) is 0.792. The Morgan fingerprint density at radius 2 is 2.13 bits per heavy atom. The molecule has 0 aromatic carbocycles. The summed E-state index contributed by atoms with van der Waals surface area (Å²) in [5.74, 6) is 1.15. The summed E-state index contributed by atoms with van der Waals surface area (Å²) in [6.45, 7) is 3.09. The first kappa shape index (κ1) is 10.3. The molecule has 1 aliphatic rings. The highest BCUT2D eigenvalue weighted by molar-refractivity contribution is 5.35. The Bertz CT molecular complexity index is 303. The van der Waals surface area contributed by atoms with Gasteiger partial charge in [0.15, 0.2) is 0 Å². The summed E-state index contributed by atoms with van der Waals surface area (Å²) in [6.07, 6.45) is 6.51. The summed E-state index contributed by atoms with van der Waals surface area (Å²) in [5, 5.41) is 6.82. The van der Waals surface area contributed by atoms with E-state index in [1.807, 2.05) is 0 Å². The second-order valence-corrected chi connectivity index (χ2v) is 4.10. The van der Waals surface area contributed by atoms with Gasteiger partial charge in [-0.2, -0.15) is 4.98 Å². The van der Waals surface area contributed by atoms with Crippen LogP contribution in [0.1, 0.15) is 39.0 Å². The van der Waals surface area contributed by atoms with Gasteiger partial charge < -0.3 is 10.6 Å². The summed E-state index contributed by atoms with van der Waals surface area (Å²) >= 11 is 0. The van der Waals surface area contributed by atoms with Gasteiger partial charge in [-0.3, -0.25) is 0 Å². The van der Waals surface area contributed by atoms with Crippen molar-refractivity contribution in [1.29, 1.82) is 0 Å². The van der Waals surface area contributed by atoms with Gasteiger partial charge in [0.2, 0.25) is 11.9 Å². The Morgan fingerprint density at radius 3 is 2.67 bits per heavy atom. The van der Waals surface area contributed by atoms with Gasteiger partial charge in [-0.25, -0.2) is 5.10 Å². The summed E-state index contributed by atoms with van der Waals surface area (Å²) in [4.78, 5) is 6.45. The Hall–Kier alpha value is -1.26. The number of H-pyrrole nitrogens is 1. The van der Waals surface area contributed by atoms with Gasteiger partial charge in [0.1, 0.15) is 0 Å². The van der Waals surface area contributed by atoms with E-state index in [-0.39, 0.29) is 0 Å². The zero-order valence-corrected chi connectivity index (χ0v) is 9.24. The predicted molar refractivity (Wildman–Crippen MR) is 60.7 cm³/mol. The van der Waals surface area contributed by atoms with E-state index in [0.717, 1.165) is 12.5 Å². The van der Waals surface area contributed by atoms with Crippen molar-refractivity contribution in [3.63, 3.8) is 0 Å². The molecule has 0 aliphatic heterocycles. The van der Waals surface area contributed by atoms with Crippen LogP contribution in [0, 0.1) is 0 Å². The summed E-state index contributed by atoms with van der Waals surface area (Å²) < 4.78 is 0. The molecule has 84 valence electrons. The van der Waals surface area contributed by atoms with Crippen molar-refractivity contribution in [3.05, 3.63) is 0 Å². The van der Waals surface area contributed by atoms with Crippen LogP contribution in [0.15, 0.2) is 0 Å². The SMILES string of the molecule is CCN(c1n[nH]c(N)n1)C1CCCCC1. The van der Waals surface area contributed by atoms with Crippen molar-refractivity contribution in [2.75, 3.05) is 17.2 Å². The third kappa shape index (κ3) is 2.22. The van der Waals surface area contributed by atoms with Crippen molar-refractivity contribution in [3.8, 4) is 0 Å². The van der Waals surface area contributed by atoms with Crippen LogP contribution in [0.5, 0.6) is 0 Å². The number of nitrogens with two attached hydrogens (primary N) is 1. The average Bonchev–Trinajstić information content (AvgIpc) is 2.68. The van der Waals surface area contributed by atoms with E-state index in [0.29, 0.717) is 12.0 Å². The first-order chi connectivity index (χ1) is 7.31. The van der Waals surface area contributed by atoms with Gasteiger partial charge in [-0.05, 0) is 19.8 Å². The maximum Gasteiger partial charge on any atom is 0.246 e. The summed E-state index contributed by atoms with van der Waals surface area (Å²) in [5.41, 5.74) is 5.54. The minimum absolute atomic E-state index is 0.402. The van der Waals surface area contributed by atoms with Gasteiger partial charge in [0, 0.05) is 12.6 Å². The molecule has 1 aromatic heterocycles. The minimum atomic E-state index is 0.402. The van der Waals surface area contributed by atoms with Crippen LogP contribution in [0.2, 0.25) is 0 Å². The van der Waals surface area contributed by atoms with Crippen molar-refractivity contribution < 1.29 is 0 Å². The molecule has 0 amide bonds. The van der Waals surface area contributed by atoms with Crippen LogP contribution in [0.3, 0.4) is 0 Å². The fraction of sp³-hybridized carbons (Fsp3) is 0.800. The lowest BCUT2D eigenvalue weighted by Gasteiger charge is -2.32. The van der Waals surface area contributed by atoms with Gasteiger partial charge in [-0.1, -0.05) is 19.3 Å². The lowest BCUT2D eigenvalue weighted by molar-refractivity contribution is 0.414. The molecule has 1 heterocycles. The molecule has 0 unspecified atom stereocenters. The van der Waals surface area contributed by atoms with E-state index in [9.17, 15) is 0 Å². The van der Waals surface area contributed by atoms with Crippen LogP contribution in [0.4, 0.5) is 11.9 Å². The van der Waals surface area contributed by atoms with E-state index in [2.05, 4.69) is 27.0 Å². The Balaban J connectivity index is 2.08. The van der Waals surface area contributed by atoms with Crippen LogP contribution >= 0.6 is 0 Å². The molecule has 1 fully saturated rings. The lowest BCUT2D eigenvalue weighted by atomic mass is 9.94. The third-order valence-electron chi connectivity index (χ3n) is 3.10. The maximum absolute atomic E-state index is 5.54. The number of aromatic amines is 1. The molecule has 1 saturated carbocycles. The van der Waals surface area contributed by atoms with Crippen LogP contribution in [0.25, 0.3) is 0 Å². The molecule has 1 aromatic rings. The van der Waals surface area contributed by atoms with E-state index in [1.165, 1.54) is 32.1 Å². The predicted octanol–water partition coefficient (Wildman–Crippen LogP) is 1.55. The highest BCUT2D eigenvalue weighted by atomic mass is 15.4. The number of anilines is 2. The minimum Gasteiger partial charge on any atom is -0.368 e. The second-order valence-electron chi connectivity index (χ2n) is 4.10. The smallest absolute Gasteiger partial charge is 0.246 e. The zero-order chi connectivity index (χ0) is 10.7. The molecule has 0 bridgehead atoms. The Labute approximate surface area is 90.1 Å². The number of hydrogen-bond donors (Lipinski definition) is 2. The van der Waals surface area contributed by atoms with Crippen molar-refractivity contribution in [2.24, 2.45) is 0 Å². The van der Waals surface area contributed by atoms with E-state index in [1.54, 1.807) is 0 Å². The van der Waals surface area contributed by atoms with Crippen molar-refractivity contribution >= 4 is 11.9 Å². The van der Waals surface area contributed by atoms with E-state index in [4.69, 9.17) is 5.73 Å². The number of nitrogen functional groups attached to an aromatic ring is 1. The standard InChI is InChI=1S/C10H19N5/c1-2-15(8-6-4-3-5-7-8)10-12-9(11)13-14-10/h8H,2-7H2,1H3,(H3,11,12,13,14). The molecule has 2 rings (SSSR count). The van der Waals surface area contributed by atoms with Crippen LogP contribution < -0.4 is 10.6 Å². The molecular weight excluding hydrogens is 190 g/mol. The molecule has 5 heteroatoms. The molecule has 1 aliphatic carbocycles. The topological polar surface area (TPSA) is 70.8 Å². The number of hydrogen-bond acceptors (Lipinski definition) is 4. The van der Waals surface area contributed by atoms with Crippen molar-refractivity contribution in [1.82, 2.24) is 15.2 Å². The fourth-order valence-corrected chi connectivity index (χ4v) is 2.35. The van der Waals surface area contributed by atoms with E-state index >= 15 is 0 Å². The number of nitrogens with zero attached hydrogens (tertiary/aromatic N) is 3. The number of rotatable bonds is 3. The highest BCUT2D eigenvalue weighted by Gasteiger charge is 2.22. The maximum atomic E-state index is 5.54. The molecule has 0 spiro atoms. The molecule has 0 radical (unpaired) electrons. The number of aromatic nitrogens is 3. The van der Waals surface area contributed by atoms with Crippen molar-refractivity contribution in [2.45, 2.75) is 45.1 Å². The van der Waals surface area contributed by atoms with Gasteiger partial charge >= 0.3 is 0 Å². The first-order valence-electron chi connectivity index (χ1n) is 5.75. The van der Waals surface area contributed by atoms with Gasteiger partial charge in [0.25, 0.3) is 0 Å². The molecule has 0 saturated heterocycles. The first-order valence-corrected chi connectivity index (χ1v) is 5.75. The van der Waals surface area contributed by atoms with Gasteiger partial charge in [0.05, 0.1) is 0 Å². The van der Waals surface area contributed by atoms with E-state index < -0.39 is 0 Å². The van der Waals surface area contributed by atoms with Crippen LogP contribution in [-0.4, -0.2) is 27.8 Å². The highest BCUT2D eigenvalue weighted by Crippen LogP contribution is 2.25. The van der Waals surface area contributed by atoms with Gasteiger partial charge in [-0.15, -0.1) is 5.10 Å². The fourth-order valence-electron chi connectivity index (χ4n) is 2.35. The molecule has 0 atom stereocenters. The molecule has 5 nitrogen and oxygen atoms in total. The number of nitrogens with one attached hydrogen (secondary N) is 1. The molecule has 15 heavy (non-hydrogen) atoms. The molecule has 3 N–H and O–H groups in total. The Kier molecular flexibility index (Phi) is 3.08. The zero-order valence-electron chi connectivity index (χ0n) is 9.24. The summed E-state index contributed by atoms with van der Waals surface area (Å²) in [7, 11) is 0. The lowest BCUT2D eigenvalue weighted by Crippen LogP contribution is -2.37. The largest absolute Gasteiger partial charge is 0.368 e. The third-order valence-corrected chi connectivity index (χ3v) is 3.10. The monoisotopic (exact) mass is 209 g/mol. The molecular formula is C10H19N5. The second kappa shape index (κ2) is 4.51. The van der Waals surface area contributed by atoms with Crippen LogP contribution in [-0.2, 0) is 0 Å². The Morgan fingerprint density at radius 1 is 1.40 bits per heavy atom.